The number of halogens is 1. The Morgan fingerprint density at radius 2 is 1.72 bits per heavy atom. The number of rotatable bonds is 9. The van der Waals surface area contributed by atoms with E-state index in [1.807, 2.05) is 13.8 Å². The Labute approximate surface area is 148 Å². The van der Waals surface area contributed by atoms with Gasteiger partial charge in [-0.3, -0.25) is 4.79 Å². The van der Waals surface area contributed by atoms with Crippen molar-refractivity contribution in [3.63, 3.8) is 0 Å². The summed E-state index contributed by atoms with van der Waals surface area (Å²) < 4.78 is 38.1. The summed E-state index contributed by atoms with van der Waals surface area (Å²) in [5.41, 5.74) is -0.399. The quantitative estimate of drug-likeness (QED) is 0.573. The monoisotopic (exact) mass is 374 g/mol. The predicted octanol–water partition coefficient (Wildman–Crippen LogP) is 1.81. The number of aliphatic hydroxyl groups is 1. The Morgan fingerprint density at radius 1 is 1.16 bits per heavy atom. The predicted molar refractivity (Wildman–Crippen MR) is 93.9 cm³/mol. The van der Waals surface area contributed by atoms with E-state index < -0.39 is 33.3 Å². The Balaban J connectivity index is 3.07. The van der Waals surface area contributed by atoms with Crippen LogP contribution in [0.4, 0.5) is 4.48 Å². The lowest BCUT2D eigenvalue weighted by molar-refractivity contribution is -0.126. The van der Waals surface area contributed by atoms with E-state index >= 15 is 0 Å². The second-order valence-corrected chi connectivity index (χ2v) is 8.87. The number of hydrogen-bond acceptors (Lipinski definition) is 5. The first-order valence-electron chi connectivity index (χ1n) is 8.24. The van der Waals surface area contributed by atoms with Crippen LogP contribution in [0.3, 0.4) is 0 Å². The molecule has 0 saturated carbocycles. The number of hydrogen-bond donors (Lipinski definition) is 3. The van der Waals surface area contributed by atoms with E-state index in [-0.39, 0.29) is 23.2 Å². The largest absolute Gasteiger partial charge is 0.375 e. The molecule has 3 atom stereocenters. The highest BCUT2D eigenvalue weighted by atomic mass is 32.2. The summed E-state index contributed by atoms with van der Waals surface area (Å²) in [6.45, 7) is 7.00. The van der Waals surface area contributed by atoms with Gasteiger partial charge in [-0.25, -0.2) is 8.42 Å². The van der Waals surface area contributed by atoms with Crippen LogP contribution in [0.25, 0.3) is 0 Å². The normalized spacial score (nSPS) is 15.8. The molecule has 1 unspecified atom stereocenters. The molecule has 0 aliphatic rings. The van der Waals surface area contributed by atoms with Crippen LogP contribution in [0.15, 0.2) is 35.2 Å². The maximum Gasteiger partial charge on any atom is 0.240 e. The molecule has 0 saturated heterocycles. The fraction of sp³-hybridized carbons (Fsp3) is 0.588. The molecule has 142 valence electrons. The van der Waals surface area contributed by atoms with Crippen LogP contribution in [0, 0.1) is 11.8 Å². The van der Waals surface area contributed by atoms with Gasteiger partial charge in [-0.2, -0.15) is 0 Å². The van der Waals surface area contributed by atoms with Crippen LogP contribution in [-0.2, 0) is 14.6 Å². The van der Waals surface area contributed by atoms with Crippen LogP contribution in [0.2, 0.25) is 0 Å². The van der Waals surface area contributed by atoms with Gasteiger partial charge in [0.1, 0.15) is 6.04 Å². The van der Waals surface area contributed by atoms with Gasteiger partial charge in [0.2, 0.25) is 15.7 Å². The molecule has 1 rings (SSSR count). The lowest BCUT2D eigenvalue weighted by Gasteiger charge is -2.28. The summed E-state index contributed by atoms with van der Waals surface area (Å²) in [6, 6.07) is 5.36. The Hall–Kier alpha value is -1.51. The molecular formula is C17H27FN2O4S. The molecule has 8 heteroatoms. The third-order valence-electron chi connectivity index (χ3n) is 3.85. The summed E-state index contributed by atoms with van der Waals surface area (Å²) in [5.74, 6) is -1.01. The first-order valence-corrected chi connectivity index (χ1v) is 9.79. The topological polar surface area (TPSA) is 95.5 Å². The van der Waals surface area contributed by atoms with E-state index in [1.54, 1.807) is 32.0 Å². The highest BCUT2D eigenvalue weighted by molar-refractivity contribution is 7.92. The van der Waals surface area contributed by atoms with Gasteiger partial charge in [0, 0.05) is 0 Å². The fourth-order valence-corrected chi connectivity index (χ4v) is 3.90. The van der Waals surface area contributed by atoms with Crippen molar-refractivity contribution in [1.82, 2.24) is 10.9 Å². The van der Waals surface area contributed by atoms with Gasteiger partial charge < -0.3 is 10.4 Å². The molecule has 3 N–H and O–H groups in total. The number of carbonyl (C=O) groups excluding carboxylic acids is 1. The number of amides is 1. The van der Waals surface area contributed by atoms with Gasteiger partial charge in [-0.05, 0) is 30.4 Å². The summed E-state index contributed by atoms with van der Waals surface area (Å²) >= 11 is 0. The Kier molecular flexibility index (Phi) is 7.98. The summed E-state index contributed by atoms with van der Waals surface area (Å²) in [7, 11) is -4.06. The van der Waals surface area contributed by atoms with Crippen molar-refractivity contribution in [1.29, 1.82) is 0 Å². The molecule has 0 fully saturated rings. The van der Waals surface area contributed by atoms with Crippen molar-refractivity contribution in [3.05, 3.63) is 30.3 Å². The van der Waals surface area contributed by atoms with Crippen molar-refractivity contribution in [2.45, 2.75) is 56.5 Å². The van der Waals surface area contributed by atoms with E-state index in [2.05, 4.69) is 5.32 Å². The second-order valence-electron chi connectivity index (χ2n) is 6.82. The SMILES string of the molecule is CC(C)C[C@H](NC(=O)[C@@H](NF)C(C)C)C(O)S(=O)(=O)c1ccccc1. The average molecular weight is 374 g/mol. The minimum absolute atomic E-state index is 0.0155. The summed E-state index contributed by atoms with van der Waals surface area (Å²) in [6.07, 6.45) is 0.232. The third kappa shape index (κ3) is 5.76. The van der Waals surface area contributed by atoms with Gasteiger partial charge in [0.25, 0.3) is 0 Å². The molecule has 0 aliphatic heterocycles. The molecule has 0 aliphatic carbocycles. The zero-order valence-electron chi connectivity index (χ0n) is 14.9. The molecule has 0 bridgehead atoms. The molecule has 25 heavy (non-hydrogen) atoms. The van der Waals surface area contributed by atoms with Crippen molar-refractivity contribution >= 4 is 15.7 Å². The van der Waals surface area contributed by atoms with Crippen molar-refractivity contribution < 1.29 is 22.8 Å². The highest BCUT2D eigenvalue weighted by Gasteiger charge is 2.36. The standard InChI is InChI=1S/C17H27FN2O4S/c1-11(2)10-14(19-16(21)15(20-18)12(3)4)17(22)25(23,24)13-8-6-5-7-9-13/h5-9,11-12,14-15,17,20,22H,10H2,1-4H3,(H,19,21)/t14-,15-,17?/m0/s1. The van der Waals surface area contributed by atoms with E-state index in [0.717, 1.165) is 0 Å². The maximum atomic E-state index is 12.9. The van der Waals surface area contributed by atoms with Crippen LogP contribution in [-0.4, -0.2) is 37.0 Å². The van der Waals surface area contributed by atoms with Gasteiger partial charge in [0.05, 0.1) is 10.9 Å². The summed E-state index contributed by atoms with van der Waals surface area (Å²) in [5, 5.41) is 12.9. The number of carbonyl (C=O) groups is 1. The molecule has 0 aromatic heterocycles. The van der Waals surface area contributed by atoms with Crippen LogP contribution < -0.4 is 10.9 Å². The minimum atomic E-state index is -4.06. The fourth-order valence-electron chi connectivity index (χ4n) is 2.47. The lowest BCUT2D eigenvalue weighted by Crippen LogP contribution is -2.53. The van der Waals surface area contributed by atoms with Crippen molar-refractivity contribution in [2.75, 3.05) is 0 Å². The molecule has 1 amide bonds. The minimum Gasteiger partial charge on any atom is -0.375 e. The molecule has 0 heterocycles. The van der Waals surface area contributed by atoms with Crippen LogP contribution >= 0.6 is 0 Å². The molecular weight excluding hydrogens is 347 g/mol. The van der Waals surface area contributed by atoms with Crippen molar-refractivity contribution in [3.8, 4) is 0 Å². The second kappa shape index (κ2) is 9.26. The van der Waals surface area contributed by atoms with Crippen LogP contribution in [0.1, 0.15) is 34.1 Å². The van der Waals surface area contributed by atoms with E-state index in [9.17, 15) is 22.8 Å². The first-order chi connectivity index (χ1) is 11.6. The zero-order valence-corrected chi connectivity index (χ0v) is 15.8. The molecule has 6 nitrogen and oxygen atoms in total. The third-order valence-corrected chi connectivity index (χ3v) is 5.75. The van der Waals surface area contributed by atoms with Crippen molar-refractivity contribution in [2.24, 2.45) is 11.8 Å². The van der Waals surface area contributed by atoms with E-state index in [4.69, 9.17) is 0 Å². The molecule has 0 spiro atoms. The number of sulfone groups is 1. The Morgan fingerprint density at radius 3 is 2.16 bits per heavy atom. The van der Waals surface area contributed by atoms with Gasteiger partial charge >= 0.3 is 0 Å². The van der Waals surface area contributed by atoms with Crippen LogP contribution in [0.5, 0.6) is 0 Å². The highest BCUT2D eigenvalue weighted by Crippen LogP contribution is 2.20. The summed E-state index contributed by atoms with van der Waals surface area (Å²) in [4.78, 5) is 12.2. The Bertz CT molecular complexity index is 650. The van der Waals surface area contributed by atoms with Gasteiger partial charge in [0.15, 0.2) is 5.44 Å². The number of nitrogens with one attached hydrogen (secondary N) is 2. The smallest absolute Gasteiger partial charge is 0.240 e. The molecule has 1 aromatic rings. The maximum absolute atomic E-state index is 12.9. The number of aliphatic hydroxyl groups excluding tert-OH is 1. The van der Waals surface area contributed by atoms with Gasteiger partial charge in [-0.1, -0.05) is 45.9 Å². The zero-order chi connectivity index (χ0) is 19.2. The average Bonchev–Trinajstić information content (AvgIpc) is 2.54. The lowest BCUT2D eigenvalue weighted by atomic mass is 10.0. The van der Waals surface area contributed by atoms with E-state index in [0.29, 0.717) is 0 Å². The molecule has 1 aromatic carbocycles. The number of benzene rings is 1. The molecule has 0 radical (unpaired) electrons. The first kappa shape index (κ1) is 21.5. The van der Waals surface area contributed by atoms with E-state index in [1.165, 1.54) is 17.7 Å². The van der Waals surface area contributed by atoms with Gasteiger partial charge in [-0.15, -0.1) is 10.0 Å².